The van der Waals surface area contributed by atoms with Crippen LogP contribution < -0.4 is 0 Å². The Labute approximate surface area is 74.6 Å². The second kappa shape index (κ2) is 2.48. The summed E-state index contributed by atoms with van der Waals surface area (Å²) in [6.45, 7) is 5.88. The highest BCUT2D eigenvalue weighted by Crippen LogP contribution is 2.22. The molecule has 2 aromatic heterocycles. The molecule has 0 fully saturated rings. The molecule has 12 heavy (non-hydrogen) atoms. The lowest BCUT2D eigenvalue weighted by molar-refractivity contribution is 1.05. The molecule has 0 aliphatic heterocycles. The largest absolute Gasteiger partial charge is 0.237 e. The Hall–Kier alpha value is -1.03. The molecular weight excluding hydrogens is 170 g/mol. The van der Waals surface area contributed by atoms with Gasteiger partial charge in [0.1, 0.15) is 11.3 Å². The standard InChI is InChI=1S/C8H9N3S/c1-4-7-8(12-11-4)5(2)9-6(3)10-7/h1-3H3. The van der Waals surface area contributed by atoms with Crippen molar-refractivity contribution in [1.82, 2.24) is 14.3 Å². The Morgan fingerprint density at radius 2 is 1.75 bits per heavy atom. The van der Waals surface area contributed by atoms with Crippen LogP contribution in [0.2, 0.25) is 0 Å². The average Bonchev–Trinajstić information content (AvgIpc) is 2.33. The van der Waals surface area contributed by atoms with Crippen molar-refractivity contribution in [3.63, 3.8) is 0 Å². The molecule has 0 saturated heterocycles. The molecule has 0 radical (unpaired) electrons. The topological polar surface area (TPSA) is 38.7 Å². The number of fused-ring (bicyclic) bond motifs is 1. The van der Waals surface area contributed by atoms with Gasteiger partial charge in [0.25, 0.3) is 0 Å². The quantitative estimate of drug-likeness (QED) is 0.621. The van der Waals surface area contributed by atoms with Crippen LogP contribution in [-0.4, -0.2) is 14.3 Å². The molecule has 3 nitrogen and oxygen atoms in total. The van der Waals surface area contributed by atoms with Crippen molar-refractivity contribution in [1.29, 1.82) is 0 Å². The lowest BCUT2D eigenvalue weighted by atomic mass is 10.3. The van der Waals surface area contributed by atoms with Gasteiger partial charge >= 0.3 is 0 Å². The minimum atomic E-state index is 0.823. The summed E-state index contributed by atoms with van der Waals surface area (Å²) in [7, 11) is 0. The van der Waals surface area contributed by atoms with Crippen LogP contribution in [0.1, 0.15) is 17.2 Å². The van der Waals surface area contributed by atoms with E-state index in [0.29, 0.717) is 0 Å². The second-order valence-corrected chi connectivity index (χ2v) is 3.58. The summed E-state index contributed by atoms with van der Waals surface area (Å²) >= 11 is 1.47. The van der Waals surface area contributed by atoms with Gasteiger partial charge in [-0.2, -0.15) is 4.37 Å². The number of aryl methyl sites for hydroxylation is 3. The zero-order valence-electron chi connectivity index (χ0n) is 7.25. The van der Waals surface area contributed by atoms with Crippen LogP contribution in [0, 0.1) is 20.8 Å². The minimum absolute atomic E-state index is 0.823. The third-order valence-corrected chi connectivity index (χ3v) is 2.80. The van der Waals surface area contributed by atoms with E-state index in [1.807, 2.05) is 20.8 Å². The first-order valence-corrected chi connectivity index (χ1v) is 4.53. The van der Waals surface area contributed by atoms with Gasteiger partial charge in [0.05, 0.1) is 16.1 Å². The van der Waals surface area contributed by atoms with Gasteiger partial charge in [-0.15, -0.1) is 0 Å². The van der Waals surface area contributed by atoms with Gasteiger partial charge in [-0.25, -0.2) is 9.97 Å². The predicted molar refractivity (Wildman–Crippen MR) is 49.4 cm³/mol. The molecule has 0 amide bonds. The van der Waals surface area contributed by atoms with E-state index in [1.165, 1.54) is 11.5 Å². The Morgan fingerprint density at radius 3 is 2.50 bits per heavy atom. The summed E-state index contributed by atoms with van der Waals surface area (Å²) in [6.07, 6.45) is 0. The van der Waals surface area contributed by atoms with Crippen molar-refractivity contribution >= 4 is 21.7 Å². The van der Waals surface area contributed by atoms with Crippen molar-refractivity contribution in [2.75, 3.05) is 0 Å². The molecule has 0 atom stereocenters. The molecule has 2 heterocycles. The molecule has 4 heteroatoms. The molecule has 2 aromatic rings. The summed E-state index contributed by atoms with van der Waals surface area (Å²) in [5.41, 5.74) is 3.04. The van der Waals surface area contributed by atoms with Crippen LogP contribution in [-0.2, 0) is 0 Å². The summed E-state index contributed by atoms with van der Waals surface area (Å²) in [6, 6.07) is 0. The third kappa shape index (κ3) is 0.992. The van der Waals surface area contributed by atoms with Crippen molar-refractivity contribution in [3.8, 4) is 0 Å². The van der Waals surface area contributed by atoms with Gasteiger partial charge in [-0.1, -0.05) is 0 Å². The second-order valence-electron chi connectivity index (χ2n) is 2.80. The average molecular weight is 179 g/mol. The van der Waals surface area contributed by atoms with Crippen LogP contribution in [0.15, 0.2) is 0 Å². The van der Waals surface area contributed by atoms with Crippen molar-refractivity contribution < 1.29 is 0 Å². The maximum atomic E-state index is 4.33. The molecule has 0 aliphatic rings. The first-order chi connectivity index (χ1) is 5.68. The first kappa shape index (κ1) is 7.61. The number of aromatic nitrogens is 3. The van der Waals surface area contributed by atoms with Gasteiger partial charge in [0.15, 0.2) is 0 Å². The molecule has 0 aliphatic carbocycles. The minimum Gasteiger partial charge on any atom is -0.237 e. The maximum absolute atomic E-state index is 4.33. The van der Waals surface area contributed by atoms with E-state index in [4.69, 9.17) is 0 Å². The van der Waals surface area contributed by atoms with E-state index in [-0.39, 0.29) is 0 Å². The summed E-state index contributed by atoms with van der Waals surface area (Å²) < 4.78 is 5.35. The van der Waals surface area contributed by atoms with Crippen molar-refractivity contribution in [2.45, 2.75) is 20.8 Å². The Bertz CT molecular complexity index is 433. The molecule has 0 unspecified atom stereocenters. The zero-order chi connectivity index (χ0) is 8.72. The molecule has 2 rings (SSSR count). The fourth-order valence-corrected chi connectivity index (χ4v) is 1.99. The molecule has 0 saturated carbocycles. The van der Waals surface area contributed by atoms with E-state index in [2.05, 4.69) is 14.3 Å². The van der Waals surface area contributed by atoms with Gasteiger partial charge in [0, 0.05) is 0 Å². The van der Waals surface area contributed by atoms with Crippen molar-refractivity contribution in [3.05, 3.63) is 17.2 Å². The van der Waals surface area contributed by atoms with E-state index in [9.17, 15) is 0 Å². The van der Waals surface area contributed by atoms with E-state index in [1.54, 1.807) is 0 Å². The monoisotopic (exact) mass is 179 g/mol. The number of rotatable bonds is 0. The van der Waals surface area contributed by atoms with E-state index < -0.39 is 0 Å². The molecule has 0 N–H and O–H groups in total. The molecule has 0 aromatic carbocycles. The molecule has 62 valence electrons. The lowest BCUT2D eigenvalue weighted by Crippen LogP contribution is -1.90. The predicted octanol–water partition coefficient (Wildman–Crippen LogP) is 2.01. The van der Waals surface area contributed by atoms with E-state index >= 15 is 0 Å². The highest BCUT2D eigenvalue weighted by Gasteiger charge is 2.07. The van der Waals surface area contributed by atoms with E-state index in [0.717, 1.165) is 27.4 Å². The number of nitrogens with zero attached hydrogens (tertiary/aromatic N) is 3. The summed E-state index contributed by atoms with van der Waals surface area (Å²) in [5, 5.41) is 0. The number of hydrogen-bond donors (Lipinski definition) is 0. The van der Waals surface area contributed by atoms with Crippen molar-refractivity contribution in [2.24, 2.45) is 0 Å². The summed E-state index contributed by atoms with van der Waals surface area (Å²) in [4.78, 5) is 8.61. The first-order valence-electron chi connectivity index (χ1n) is 3.75. The van der Waals surface area contributed by atoms with Crippen LogP contribution in [0.5, 0.6) is 0 Å². The van der Waals surface area contributed by atoms with Crippen LogP contribution in [0.3, 0.4) is 0 Å². The zero-order valence-corrected chi connectivity index (χ0v) is 8.07. The molecular formula is C8H9N3S. The summed E-state index contributed by atoms with van der Waals surface area (Å²) in [5.74, 6) is 0.823. The lowest BCUT2D eigenvalue weighted by Gasteiger charge is -1.95. The van der Waals surface area contributed by atoms with Gasteiger partial charge in [-0.3, -0.25) is 0 Å². The smallest absolute Gasteiger partial charge is 0.126 e. The van der Waals surface area contributed by atoms with Gasteiger partial charge < -0.3 is 0 Å². The molecule has 0 spiro atoms. The number of hydrogen-bond acceptors (Lipinski definition) is 4. The fraction of sp³-hybridized carbons (Fsp3) is 0.375. The molecule has 0 bridgehead atoms. The maximum Gasteiger partial charge on any atom is 0.126 e. The van der Waals surface area contributed by atoms with Crippen LogP contribution >= 0.6 is 11.5 Å². The van der Waals surface area contributed by atoms with Gasteiger partial charge in [0.2, 0.25) is 0 Å². The van der Waals surface area contributed by atoms with Crippen LogP contribution in [0.4, 0.5) is 0 Å². The highest BCUT2D eigenvalue weighted by molar-refractivity contribution is 7.13. The normalized spacial score (nSPS) is 10.9. The Morgan fingerprint density at radius 1 is 1.00 bits per heavy atom. The Kier molecular flexibility index (Phi) is 1.58. The van der Waals surface area contributed by atoms with Crippen LogP contribution in [0.25, 0.3) is 10.2 Å². The highest BCUT2D eigenvalue weighted by atomic mass is 32.1. The SMILES string of the molecule is Cc1nc(C)c2snc(C)c2n1. The third-order valence-electron chi connectivity index (χ3n) is 1.76. The van der Waals surface area contributed by atoms with Gasteiger partial charge in [-0.05, 0) is 32.3 Å². The Balaban J connectivity index is 2.92. The fourth-order valence-electron chi connectivity index (χ4n) is 1.21.